The molecule has 4 heteroatoms. The van der Waals surface area contributed by atoms with E-state index < -0.39 is 19.2 Å². The monoisotopic (exact) mass is 370 g/mol. The summed E-state index contributed by atoms with van der Waals surface area (Å²) in [5.74, 6) is -0.102. The molecule has 0 bridgehead atoms. The minimum absolute atomic E-state index is 0.291. The van der Waals surface area contributed by atoms with Crippen molar-refractivity contribution in [3.63, 3.8) is 0 Å². The van der Waals surface area contributed by atoms with Crippen LogP contribution in [0.1, 0.15) is 27.2 Å². The Balaban J connectivity index is 2.68. The number of carbonyl (C=O) groups excluding carboxylic acids is 1. The molecule has 0 N–H and O–H groups in total. The summed E-state index contributed by atoms with van der Waals surface area (Å²) >= 11 is 0. The summed E-state index contributed by atoms with van der Waals surface area (Å²) in [6.45, 7) is 9.39. The van der Waals surface area contributed by atoms with Gasteiger partial charge in [0.15, 0.2) is 0 Å². The van der Waals surface area contributed by atoms with Gasteiger partial charge in [0, 0.05) is 17.5 Å². The Kier molecular flexibility index (Phi) is 6.99. The molecule has 0 amide bonds. The molecule has 3 nitrogen and oxygen atoms in total. The first kappa shape index (κ1) is 20.2. The van der Waals surface area contributed by atoms with Crippen LogP contribution in [0.5, 0.6) is 0 Å². The van der Waals surface area contributed by atoms with Gasteiger partial charge in [0.05, 0.1) is 5.66 Å². The van der Waals surface area contributed by atoms with Gasteiger partial charge in [0.25, 0.3) is 0 Å². The lowest BCUT2D eigenvalue weighted by Crippen LogP contribution is -2.37. The maximum absolute atomic E-state index is 14.6. The van der Waals surface area contributed by atoms with E-state index in [1.165, 1.54) is 6.92 Å². The van der Waals surface area contributed by atoms with E-state index in [1.54, 1.807) is 6.08 Å². The third kappa shape index (κ3) is 4.53. The fourth-order valence-electron chi connectivity index (χ4n) is 3.28. The minimum atomic E-state index is -3.07. The Morgan fingerprint density at radius 2 is 1.50 bits per heavy atom. The molecule has 2 aromatic carbocycles. The molecule has 0 spiro atoms. The molecule has 2 rings (SSSR count). The van der Waals surface area contributed by atoms with Gasteiger partial charge in [-0.2, -0.15) is 0 Å². The summed E-state index contributed by atoms with van der Waals surface area (Å²) < 4.78 is 20.1. The highest BCUT2D eigenvalue weighted by Gasteiger charge is 2.42. The molecule has 0 fully saturated rings. The molecular formula is C22H27O3P. The van der Waals surface area contributed by atoms with Crippen LogP contribution in [0.2, 0.25) is 0 Å². The van der Waals surface area contributed by atoms with Gasteiger partial charge in [-0.1, -0.05) is 87.2 Å². The van der Waals surface area contributed by atoms with Crippen LogP contribution in [0.15, 0.2) is 73.3 Å². The molecule has 2 aromatic rings. The zero-order valence-corrected chi connectivity index (χ0v) is 16.6. The first-order valence-corrected chi connectivity index (χ1v) is 10.7. The molecule has 0 aromatic heterocycles. The summed E-state index contributed by atoms with van der Waals surface area (Å²) in [5, 5.41) is 1.55. The van der Waals surface area contributed by atoms with Crippen molar-refractivity contribution in [2.75, 3.05) is 0 Å². The van der Waals surface area contributed by atoms with Gasteiger partial charge in [-0.05, 0) is 12.3 Å². The Labute approximate surface area is 156 Å². The fourth-order valence-corrected chi connectivity index (χ4v) is 6.89. The molecule has 2 unspecified atom stereocenters. The normalized spacial score (nSPS) is 13.8. The second-order valence-electron chi connectivity index (χ2n) is 6.84. The fraction of sp³-hybridized carbons (Fsp3) is 0.318. The van der Waals surface area contributed by atoms with Crippen molar-refractivity contribution in [2.45, 2.75) is 39.0 Å². The molecule has 0 saturated heterocycles. The van der Waals surface area contributed by atoms with Crippen LogP contribution in [0.3, 0.4) is 0 Å². The van der Waals surface area contributed by atoms with E-state index in [9.17, 15) is 9.36 Å². The van der Waals surface area contributed by atoms with E-state index >= 15 is 0 Å². The number of rotatable bonds is 8. The Hall–Kier alpha value is -2.12. The lowest BCUT2D eigenvalue weighted by atomic mass is 10.0. The van der Waals surface area contributed by atoms with Crippen molar-refractivity contribution in [2.24, 2.45) is 5.92 Å². The lowest BCUT2D eigenvalue weighted by Gasteiger charge is -2.34. The number of hydrogen-bond donors (Lipinski definition) is 0. The molecule has 0 aliphatic carbocycles. The maximum Gasteiger partial charge on any atom is 0.303 e. The van der Waals surface area contributed by atoms with Crippen LogP contribution in [0.4, 0.5) is 0 Å². The smallest absolute Gasteiger partial charge is 0.303 e. The maximum atomic E-state index is 14.6. The second-order valence-corrected chi connectivity index (χ2v) is 9.85. The molecular weight excluding hydrogens is 343 g/mol. The SMILES string of the molecule is C=CC(OC(C)=O)C(CC(C)C)P(=O)(c1ccccc1)c1ccccc1. The Bertz CT molecular complexity index is 725. The van der Waals surface area contributed by atoms with Crippen molar-refractivity contribution < 1.29 is 14.1 Å². The number of esters is 1. The molecule has 2 atom stereocenters. The van der Waals surface area contributed by atoms with Gasteiger partial charge in [0.2, 0.25) is 0 Å². The van der Waals surface area contributed by atoms with Crippen LogP contribution in [0.25, 0.3) is 0 Å². The van der Waals surface area contributed by atoms with Gasteiger partial charge >= 0.3 is 5.97 Å². The van der Waals surface area contributed by atoms with Crippen molar-refractivity contribution in [3.8, 4) is 0 Å². The summed E-state index contributed by atoms with van der Waals surface area (Å²) in [7, 11) is -3.07. The van der Waals surface area contributed by atoms with Gasteiger partial charge in [-0.25, -0.2) is 0 Å². The summed E-state index contributed by atoms with van der Waals surface area (Å²) in [5.41, 5.74) is -0.367. The van der Waals surface area contributed by atoms with Gasteiger partial charge in [0.1, 0.15) is 13.2 Å². The van der Waals surface area contributed by atoms with Crippen molar-refractivity contribution in [1.29, 1.82) is 0 Å². The van der Waals surface area contributed by atoms with E-state index in [0.717, 1.165) is 10.6 Å². The summed E-state index contributed by atoms with van der Waals surface area (Å²) in [6, 6.07) is 19.0. The number of ether oxygens (including phenoxy) is 1. The molecule has 0 heterocycles. The molecule has 0 aliphatic heterocycles. The van der Waals surface area contributed by atoms with Crippen molar-refractivity contribution in [3.05, 3.63) is 73.3 Å². The third-order valence-corrected chi connectivity index (χ3v) is 7.94. The highest BCUT2D eigenvalue weighted by atomic mass is 31.2. The van der Waals surface area contributed by atoms with E-state index in [2.05, 4.69) is 20.4 Å². The van der Waals surface area contributed by atoms with Crippen LogP contribution >= 0.6 is 7.14 Å². The van der Waals surface area contributed by atoms with Crippen LogP contribution in [-0.4, -0.2) is 17.7 Å². The largest absolute Gasteiger partial charge is 0.458 e. The highest BCUT2D eigenvalue weighted by Crippen LogP contribution is 2.52. The quantitative estimate of drug-likeness (QED) is 0.389. The lowest BCUT2D eigenvalue weighted by molar-refractivity contribution is -0.144. The summed E-state index contributed by atoms with van der Waals surface area (Å²) in [4.78, 5) is 11.6. The minimum Gasteiger partial charge on any atom is -0.458 e. The topological polar surface area (TPSA) is 43.4 Å². The standard InChI is InChI=1S/C22H27O3P/c1-5-21(25-18(4)23)22(16-17(2)3)26(24,19-12-8-6-9-13-19)20-14-10-7-11-15-20/h5-15,17,21-22H,1,16H2,2-4H3. The molecule has 0 saturated carbocycles. The van der Waals surface area contributed by atoms with Gasteiger partial charge in [-0.3, -0.25) is 4.79 Å². The number of hydrogen-bond acceptors (Lipinski definition) is 3. The van der Waals surface area contributed by atoms with Crippen LogP contribution in [-0.2, 0) is 14.1 Å². The van der Waals surface area contributed by atoms with Crippen LogP contribution in [0, 0.1) is 5.92 Å². The molecule has 0 radical (unpaired) electrons. The zero-order chi connectivity index (χ0) is 19.2. The zero-order valence-electron chi connectivity index (χ0n) is 15.7. The summed E-state index contributed by atoms with van der Waals surface area (Å²) in [6.07, 6.45) is 1.65. The van der Waals surface area contributed by atoms with Gasteiger partial charge < -0.3 is 9.30 Å². The third-order valence-electron chi connectivity index (χ3n) is 4.37. The molecule has 138 valence electrons. The first-order valence-electron chi connectivity index (χ1n) is 8.90. The average Bonchev–Trinajstić information content (AvgIpc) is 2.65. The van der Waals surface area contributed by atoms with E-state index in [-0.39, 0.29) is 5.66 Å². The predicted molar refractivity (Wildman–Crippen MR) is 109 cm³/mol. The van der Waals surface area contributed by atoms with Crippen molar-refractivity contribution >= 4 is 23.7 Å². The van der Waals surface area contributed by atoms with E-state index in [0.29, 0.717) is 12.3 Å². The van der Waals surface area contributed by atoms with E-state index in [4.69, 9.17) is 4.74 Å². The van der Waals surface area contributed by atoms with E-state index in [1.807, 2.05) is 60.7 Å². The second kappa shape index (κ2) is 9.00. The first-order chi connectivity index (χ1) is 12.4. The Morgan fingerprint density at radius 3 is 1.85 bits per heavy atom. The molecule has 26 heavy (non-hydrogen) atoms. The number of carbonyl (C=O) groups is 1. The number of benzene rings is 2. The van der Waals surface area contributed by atoms with Crippen molar-refractivity contribution in [1.82, 2.24) is 0 Å². The van der Waals surface area contributed by atoms with Crippen LogP contribution < -0.4 is 10.6 Å². The average molecular weight is 370 g/mol. The van der Waals surface area contributed by atoms with Gasteiger partial charge in [-0.15, -0.1) is 0 Å². The molecule has 0 aliphatic rings. The highest BCUT2D eigenvalue weighted by molar-refractivity contribution is 7.79. The Morgan fingerprint density at radius 1 is 1.04 bits per heavy atom. The predicted octanol–water partition coefficient (Wildman–Crippen LogP) is 4.53.